The molecule has 1 N–H and O–H groups in total. The Hall–Kier alpha value is -3.40. The third-order valence-electron chi connectivity index (χ3n) is 5.85. The standard InChI is InChI=1S/C22H23N5O4S/c1-12-4-6-14-17(8-12)32-21-19(14)20-25-27(22(29)26(20)11-23-21)10-18(28)24-15-9-13(30-2)5-7-16(15)31-3/h5,7,9,11-12H,4,6,8,10H2,1-3H3,(H,24,28)/t12-/m0/s1. The van der Waals surface area contributed by atoms with E-state index in [0.29, 0.717) is 28.8 Å². The molecule has 32 heavy (non-hydrogen) atoms. The Bertz CT molecular complexity index is 1400. The van der Waals surface area contributed by atoms with Crippen LogP contribution in [0.3, 0.4) is 0 Å². The maximum atomic E-state index is 12.9. The third-order valence-corrected chi connectivity index (χ3v) is 7.01. The number of nitrogens with one attached hydrogen (secondary N) is 1. The molecule has 0 bridgehead atoms. The van der Waals surface area contributed by atoms with Gasteiger partial charge in [-0.05, 0) is 42.9 Å². The molecular formula is C22H23N5O4S. The van der Waals surface area contributed by atoms with Gasteiger partial charge < -0.3 is 14.8 Å². The van der Waals surface area contributed by atoms with Crippen LogP contribution in [-0.2, 0) is 24.2 Å². The van der Waals surface area contributed by atoms with Crippen LogP contribution in [-0.4, -0.2) is 39.3 Å². The molecule has 0 aliphatic heterocycles. The highest BCUT2D eigenvalue weighted by atomic mass is 32.1. The van der Waals surface area contributed by atoms with Crippen molar-refractivity contribution in [3.8, 4) is 11.5 Å². The molecule has 1 aliphatic carbocycles. The van der Waals surface area contributed by atoms with Crippen LogP contribution < -0.4 is 20.5 Å². The van der Waals surface area contributed by atoms with Gasteiger partial charge in [0.2, 0.25) is 5.91 Å². The number of carbonyl (C=O) groups excluding carboxylic acids is 1. The molecule has 1 atom stereocenters. The number of aromatic nitrogens is 4. The molecule has 166 valence electrons. The number of anilines is 1. The van der Waals surface area contributed by atoms with Crippen molar-refractivity contribution in [2.75, 3.05) is 19.5 Å². The number of rotatable bonds is 5. The molecule has 4 aromatic rings. The zero-order valence-electron chi connectivity index (χ0n) is 18.0. The fourth-order valence-corrected chi connectivity index (χ4v) is 5.55. The van der Waals surface area contributed by atoms with Crippen molar-refractivity contribution in [2.45, 2.75) is 32.7 Å². The van der Waals surface area contributed by atoms with E-state index in [9.17, 15) is 9.59 Å². The summed E-state index contributed by atoms with van der Waals surface area (Å²) in [5.74, 6) is 1.32. The Morgan fingerprint density at radius 2 is 2.16 bits per heavy atom. The first-order chi connectivity index (χ1) is 15.5. The van der Waals surface area contributed by atoms with Gasteiger partial charge in [-0.15, -0.1) is 16.4 Å². The van der Waals surface area contributed by atoms with Gasteiger partial charge in [-0.3, -0.25) is 4.79 Å². The van der Waals surface area contributed by atoms with Crippen molar-refractivity contribution in [2.24, 2.45) is 5.92 Å². The molecule has 0 radical (unpaired) electrons. The molecule has 5 rings (SSSR count). The summed E-state index contributed by atoms with van der Waals surface area (Å²) in [6.07, 6.45) is 4.58. The molecule has 0 saturated heterocycles. The number of hydrogen-bond acceptors (Lipinski definition) is 7. The molecule has 3 aromatic heterocycles. The highest BCUT2D eigenvalue weighted by Crippen LogP contribution is 2.38. The Morgan fingerprint density at radius 1 is 1.31 bits per heavy atom. The zero-order chi connectivity index (χ0) is 22.4. The minimum absolute atomic E-state index is 0.230. The Morgan fingerprint density at radius 3 is 2.94 bits per heavy atom. The van der Waals surface area contributed by atoms with Crippen LogP contribution in [0, 0.1) is 5.92 Å². The maximum absolute atomic E-state index is 12.9. The van der Waals surface area contributed by atoms with Crippen molar-refractivity contribution < 1.29 is 14.3 Å². The fourth-order valence-electron chi connectivity index (χ4n) is 4.20. The quantitative estimate of drug-likeness (QED) is 0.499. The lowest BCUT2D eigenvalue weighted by Crippen LogP contribution is -2.28. The number of fused-ring (bicyclic) bond motifs is 5. The SMILES string of the molecule is COc1ccc(OC)c(NC(=O)Cn2nc3c4c5c(sc4ncn3c2=O)C[C@@H](C)CC5)c1. The Balaban J connectivity index is 1.49. The number of ether oxygens (including phenoxy) is 2. The summed E-state index contributed by atoms with van der Waals surface area (Å²) in [5, 5.41) is 8.23. The normalized spacial score (nSPS) is 15.7. The lowest BCUT2D eigenvalue weighted by molar-refractivity contribution is -0.117. The summed E-state index contributed by atoms with van der Waals surface area (Å²) >= 11 is 1.68. The fraction of sp³-hybridized carbons (Fsp3) is 0.364. The molecule has 0 unspecified atom stereocenters. The molecular weight excluding hydrogens is 430 g/mol. The number of benzene rings is 1. The van der Waals surface area contributed by atoms with Gasteiger partial charge in [0.1, 0.15) is 29.2 Å². The van der Waals surface area contributed by atoms with Crippen molar-refractivity contribution in [3.05, 3.63) is 45.5 Å². The average Bonchev–Trinajstić information content (AvgIpc) is 3.30. The third kappa shape index (κ3) is 3.40. The van der Waals surface area contributed by atoms with E-state index in [-0.39, 0.29) is 6.54 Å². The minimum atomic E-state index is -0.397. The van der Waals surface area contributed by atoms with Gasteiger partial charge in [-0.1, -0.05) is 6.92 Å². The van der Waals surface area contributed by atoms with E-state index in [1.165, 1.54) is 33.0 Å². The van der Waals surface area contributed by atoms with Gasteiger partial charge in [0.15, 0.2) is 5.65 Å². The number of hydrogen-bond donors (Lipinski definition) is 1. The zero-order valence-corrected chi connectivity index (χ0v) is 18.9. The summed E-state index contributed by atoms with van der Waals surface area (Å²) in [5.41, 5.74) is 1.85. The van der Waals surface area contributed by atoms with Crippen molar-refractivity contribution in [1.29, 1.82) is 0 Å². The van der Waals surface area contributed by atoms with Gasteiger partial charge in [-0.2, -0.15) is 0 Å². The number of methoxy groups -OCH3 is 2. The molecule has 1 amide bonds. The first-order valence-corrected chi connectivity index (χ1v) is 11.2. The molecule has 1 aliphatic rings. The van der Waals surface area contributed by atoms with E-state index >= 15 is 0 Å². The molecule has 10 heteroatoms. The summed E-state index contributed by atoms with van der Waals surface area (Å²) < 4.78 is 13.1. The van der Waals surface area contributed by atoms with Gasteiger partial charge >= 0.3 is 5.69 Å². The summed E-state index contributed by atoms with van der Waals surface area (Å²) in [4.78, 5) is 32.4. The van der Waals surface area contributed by atoms with Crippen LogP contribution in [0.25, 0.3) is 15.9 Å². The Kier molecular flexibility index (Phi) is 5.09. The topological polar surface area (TPSA) is 99.8 Å². The summed E-state index contributed by atoms with van der Waals surface area (Å²) in [7, 11) is 3.06. The molecule has 1 aromatic carbocycles. The van der Waals surface area contributed by atoms with Gasteiger partial charge in [0.25, 0.3) is 0 Å². The van der Waals surface area contributed by atoms with Crippen LogP contribution in [0.15, 0.2) is 29.3 Å². The van der Waals surface area contributed by atoms with Crippen molar-refractivity contribution in [3.63, 3.8) is 0 Å². The van der Waals surface area contributed by atoms with Crippen LogP contribution in [0.5, 0.6) is 11.5 Å². The van der Waals surface area contributed by atoms with Crippen LogP contribution in [0.1, 0.15) is 23.8 Å². The highest BCUT2D eigenvalue weighted by molar-refractivity contribution is 7.19. The number of thiophene rings is 1. The number of amides is 1. The van der Waals surface area contributed by atoms with E-state index in [1.54, 1.807) is 36.6 Å². The van der Waals surface area contributed by atoms with Crippen LogP contribution >= 0.6 is 11.3 Å². The molecule has 0 fully saturated rings. The first-order valence-electron chi connectivity index (χ1n) is 10.4. The molecule has 3 heterocycles. The van der Waals surface area contributed by atoms with Gasteiger partial charge in [0.05, 0.1) is 25.3 Å². The lowest BCUT2D eigenvalue weighted by Gasteiger charge is -2.17. The lowest BCUT2D eigenvalue weighted by atomic mass is 9.89. The van der Waals surface area contributed by atoms with Crippen molar-refractivity contribution in [1.82, 2.24) is 19.2 Å². The van der Waals surface area contributed by atoms with Crippen LogP contribution in [0.4, 0.5) is 5.69 Å². The summed E-state index contributed by atoms with van der Waals surface area (Å²) in [6.45, 7) is 2.03. The smallest absolute Gasteiger partial charge is 0.352 e. The van der Waals surface area contributed by atoms with Crippen LogP contribution in [0.2, 0.25) is 0 Å². The maximum Gasteiger partial charge on any atom is 0.352 e. The summed E-state index contributed by atoms with van der Waals surface area (Å²) in [6, 6.07) is 5.10. The monoisotopic (exact) mass is 453 g/mol. The molecule has 0 spiro atoms. The van der Waals surface area contributed by atoms with Gasteiger partial charge in [-0.25, -0.2) is 18.9 Å². The minimum Gasteiger partial charge on any atom is -0.497 e. The van der Waals surface area contributed by atoms with E-state index in [1.807, 2.05) is 0 Å². The highest BCUT2D eigenvalue weighted by Gasteiger charge is 2.24. The number of carbonyl (C=O) groups is 1. The molecule has 0 saturated carbocycles. The number of aryl methyl sites for hydroxylation is 1. The average molecular weight is 454 g/mol. The second-order valence-electron chi connectivity index (χ2n) is 8.02. The van der Waals surface area contributed by atoms with Crippen molar-refractivity contribution >= 4 is 38.8 Å². The predicted octanol–water partition coefficient (Wildman–Crippen LogP) is 2.89. The molecule has 9 nitrogen and oxygen atoms in total. The van der Waals surface area contributed by atoms with E-state index < -0.39 is 11.6 Å². The van der Waals surface area contributed by atoms with E-state index in [4.69, 9.17) is 9.47 Å². The van der Waals surface area contributed by atoms with Gasteiger partial charge in [0, 0.05) is 10.9 Å². The largest absolute Gasteiger partial charge is 0.497 e. The predicted molar refractivity (Wildman–Crippen MR) is 122 cm³/mol. The second-order valence-corrected chi connectivity index (χ2v) is 9.11. The second kappa shape index (κ2) is 7.94. The first kappa shape index (κ1) is 20.5. The number of nitrogens with zero attached hydrogens (tertiary/aromatic N) is 4. The van der Waals surface area contributed by atoms with E-state index in [0.717, 1.165) is 29.5 Å². The van der Waals surface area contributed by atoms with E-state index in [2.05, 4.69) is 22.3 Å². The Labute approximate surface area is 187 Å².